The van der Waals surface area contributed by atoms with Crippen molar-refractivity contribution in [1.82, 2.24) is 9.97 Å². The van der Waals surface area contributed by atoms with E-state index in [9.17, 15) is 23.4 Å². The smallest absolute Gasteiger partial charge is 0.388 e. The van der Waals surface area contributed by atoms with Crippen LogP contribution in [0.2, 0.25) is 0 Å². The zero-order valence-electron chi connectivity index (χ0n) is 20.3. The topological polar surface area (TPSA) is 84.7 Å². The van der Waals surface area contributed by atoms with Crippen molar-refractivity contribution >= 4 is 0 Å². The minimum atomic E-state index is -4.49. The van der Waals surface area contributed by atoms with Gasteiger partial charge < -0.3 is 19.7 Å². The van der Waals surface area contributed by atoms with Gasteiger partial charge in [0.15, 0.2) is 0 Å². The summed E-state index contributed by atoms with van der Waals surface area (Å²) < 4.78 is 51.9. The lowest BCUT2D eigenvalue weighted by Crippen LogP contribution is -2.38. The van der Waals surface area contributed by atoms with E-state index in [1.807, 2.05) is 27.7 Å². The Morgan fingerprint density at radius 2 is 1.77 bits per heavy atom. The second-order valence-electron chi connectivity index (χ2n) is 10.9. The summed E-state index contributed by atoms with van der Waals surface area (Å²) in [5.41, 5.74) is 1.48. The van der Waals surface area contributed by atoms with Gasteiger partial charge in [-0.05, 0) is 35.4 Å². The molecular weight excluding hydrogens is 461 g/mol. The fourth-order valence-electron chi connectivity index (χ4n) is 5.82. The Hall–Kier alpha value is -2.07. The lowest BCUT2D eigenvalue weighted by molar-refractivity contribution is -0.138. The third kappa shape index (κ3) is 3.87. The molecule has 35 heavy (non-hydrogen) atoms. The van der Waals surface area contributed by atoms with Crippen molar-refractivity contribution in [2.45, 2.75) is 83.0 Å². The molecule has 3 atom stereocenters. The lowest BCUT2D eigenvalue weighted by atomic mass is 9.68. The summed E-state index contributed by atoms with van der Waals surface area (Å²) >= 11 is 0. The van der Waals surface area contributed by atoms with E-state index in [2.05, 4.69) is 4.98 Å². The molecule has 4 heterocycles. The van der Waals surface area contributed by atoms with E-state index in [1.54, 1.807) is 0 Å². The van der Waals surface area contributed by atoms with E-state index in [4.69, 9.17) is 14.5 Å². The number of aromatic nitrogens is 2. The molecule has 6 nitrogen and oxygen atoms in total. The molecule has 2 aromatic rings. The van der Waals surface area contributed by atoms with Crippen LogP contribution in [0.25, 0.3) is 0 Å². The van der Waals surface area contributed by atoms with Crippen LogP contribution in [-0.4, -0.2) is 33.4 Å². The number of alkyl halides is 3. The van der Waals surface area contributed by atoms with Crippen LogP contribution in [0.5, 0.6) is 0 Å². The largest absolute Gasteiger partial charge is 0.417 e. The molecule has 0 unspecified atom stereocenters. The summed E-state index contributed by atoms with van der Waals surface area (Å²) in [7, 11) is 0. The first kappa shape index (κ1) is 24.6. The number of aliphatic hydroxyl groups is 2. The van der Waals surface area contributed by atoms with Crippen molar-refractivity contribution in [2.24, 2.45) is 5.41 Å². The second-order valence-corrected chi connectivity index (χ2v) is 10.9. The van der Waals surface area contributed by atoms with Gasteiger partial charge in [0.05, 0.1) is 28.7 Å². The van der Waals surface area contributed by atoms with Gasteiger partial charge in [-0.3, -0.25) is 9.97 Å². The molecule has 9 heteroatoms. The monoisotopic (exact) mass is 492 g/mol. The molecule has 190 valence electrons. The molecule has 0 radical (unpaired) electrons. The number of fused-ring (bicyclic) bond motifs is 4. The van der Waals surface area contributed by atoms with Gasteiger partial charge in [0.1, 0.15) is 12.2 Å². The van der Waals surface area contributed by atoms with Crippen molar-refractivity contribution < 1.29 is 32.9 Å². The van der Waals surface area contributed by atoms with Gasteiger partial charge >= 0.3 is 6.18 Å². The van der Waals surface area contributed by atoms with Crippen LogP contribution in [0.1, 0.15) is 111 Å². The summed E-state index contributed by atoms with van der Waals surface area (Å²) in [6.45, 7) is 8.68. The Bertz CT molecular complexity index is 1120. The van der Waals surface area contributed by atoms with Crippen LogP contribution >= 0.6 is 0 Å². The summed E-state index contributed by atoms with van der Waals surface area (Å²) in [6, 6.07) is 2.37. The zero-order valence-corrected chi connectivity index (χ0v) is 20.3. The molecule has 0 amide bonds. The number of nitrogens with zero attached hydrogens (tertiary/aromatic N) is 2. The number of hydrogen-bond donors (Lipinski definition) is 2. The van der Waals surface area contributed by atoms with Gasteiger partial charge in [-0.2, -0.15) is 13.2 Å². The van der Waals surface area contributed by atoms with Crippen LogP contribution < -0.4 is 0 Å². The molecule has 1 saturated heterocycles. The first-order valence-corrected chi connectivity index (χ1v) is 12.1. The maximum Gasteiger partial charge on any atom is 0.417 e. The predicted molar refractivity (Wildman–Crippen MR) is 121 cm³/mol. The standard InChI is InChI=1S/C26H31F3N2O4/c1-13(2)20-18-19(17-16(32)11-24(3,4)23(33)21(17)31-20)25(7-9-34-10-8-25)35-22(18)15-6-5-14(12-30-15)26(27,28)29/h5-6,12-13,16,22-23,32-33H,7-11H2,1-4H3/t16-,22-,23-/m0/s1. The second kappa shape index (κ2) is 8.23. The highest BCUT2D eigenvalue weighted by atomic mass is 19.4. The molecule has 0 saturated carbocycles. The summed E-state index contributed by atoms with van der Waals surface area (Å²) in [6.07, 6.45) is -4.72. The van der Waals surface area contributed by atoms with Crippen molar-refractivity contribution in [3.05, 3.63) is 57.7 Å². The van der Waals surface area contributed by atoms with Gasteiger partial charge in [-0.1, -0.05) is 27.7 Å². The molecule has 1 aliphatic carbocycles. The van der Waals surface area contributed by atoms with Gasteiger partial charge in [0.25, 0.3) is 0 Å². The molecule has 0 aromatic carbocycles. The van der Waals surface area contributed by atoms with E-state index >= 15 is 0 Å². The van der Waals surface area contributed by atoms with Crippen molar-refractivity contribution in [2.75, 3.05) is 13.2 Å². The number of hydrogen-bond acceptors (Lipinski definition) is 6. The van der Waals surface area contributed by atoms with E-state index in [0.717, 1.165) is 23.4 Å². The fourth-order valence-corrected chi connectivity index (χ4v) is 5.82. The molecule has 3 aliphatic rings. The van der Waals surface area contributed by atoms with E-state index < -0.39 is 41.1 Å². The number of halogens is 3. The molecule has 1 spiro atoms. The van der Waals surface area contributed by atoms with Gasteiger partial charge in [0, 0.05) is 49.1 Å². The minimum Gasteiger partial charge on any atom is -0.388 e. The number of pyridine rings is 2. The summed E-state index contributed by atoms with van der Waals surface area (Å²) in [4.78, 5) is 9.05. The molecular formula is C26H31F3N2O4. The van der Waals surface area contributed by atoms with Crippen LogP contribution in [0.15, 0.2) is 18.3 Å². The zero-order chi connectivity index (χ0) is 25.3. The first-order valence-electron chi connectivity index (χ1n) is 12.1. The number of ether oxygens (including phenoxy) is 2. The number of aliphatic hydroxyl groups excluding tert-OH is 2. The van der Waals surface area contributed by atoms with Crippen LogP contribution in [0.3, 0.4) is 0 Å². The van der Waals surface area contributed by atoms with Crippen LogP contribution in [0.4, 0.5) is 13.2 Å². The Morgan fingerprint density at radius 3 is 2.34 bits per heavy atom. The number of rotatable bonds is 2. The van der Waals surface area contributed by atoms with Crippen molar-refractivity contribution in [3.8, 4) is 0 Å². The highest BCUT2D eigenvalue weighted by molar-refractivity contribution is 5.54. The van der Waals surface area contributed by atoms with E-state index in [1.165, 1.54) is 6.07 Å². The minimum absolute atomic E-state index is 0.0565. The predicted octanol–water partition coefficient (Wildman–Crippen LogP) is 5.24. The normalized spacial score (nSPS) is 27.2. The molecule has 2 aromatic heterocycles. The first-order chi connectivity index (χ1) is 16.4. The van der Waals surface area contributed by atoms with Crippen molar-refractivity contribution in [1.29, 1.82) is 0 Å². The molecule has 2 aliphatic heterocycles. The SMILES string of the molecule is CC(C)c1nc2c(c3c1[C@H](c1ccc(C(F)(F)F)cn1)OC31CCOCC1)[C@@H](O)CC(C)(C)[C@H]2O. The Morgan fingerprint density at radius 1 is 1.09 bits per heavy atom. The van der Waals surface area contributed by atoms with Crippen LogP contribution in [0, 0.1) is 5.41 Å². The highest BCUT2D eigenvalue weighted by Crippen LogP contribution is 2.59. The maximum absolute atomic E-state index is 13.2. The highest BCUT2D eigenvalue weighted by Gasteiger charge is 2.54. The van der Waals surface area contributed by atoms with Crippen molar-refractivity contribution in [3.63, 3.8) is 0 Å². The van der Waals surface area contributed by atoms with E-state index in [-0.39, 0.29) is 5.92 Å². The lowest BCUT2D eigenvalue weighted by Gasteiger charge is -2.42. The molecule has 1 fully saturated rings. The Kier molecular flexibility index (Phi) is 5.79. The van der Waals surface area contributed by atoms with Gasteiger partial charge in [-0.25, -0.2) is 0 Å². The van der Waals surface area contributed by atoms with Gasteiger partial charge in [0.2, 0.25) is 0 Å². The average Bonchev–Trinajstić information content (AvgIpc) is 3.10. The quantitative estimate of drug-likeness (QED) is 0.597. The fraction of sp³-hybridized carbons (Fsp3) is 0.615. The maximum atomic E-state index is 13.2. The third-order valence-corrected chi connectivity index (χ3v) is 7.67. The van der Waals surface area contributed by atoms with E-state index in [0.29, 0.717) is 55.1 Å². The molecule has 0 bridgehead atoms. The summed E-state index contributed by atoms with van der Waals surface area (Å²) in [5.74, 6) is -0.0565. The molecule has 5 rings (SSSR count). The summed E-state index contributed by atoms with van der Waals surface area (Å²) in [5, 5.41) is 22.6. The van der Waals surface area contributed by atoms with Crippen LogP contribution in [-0.2, 0) is 21.3 Å². The Labute approximate surface area is 202 Å². The third-order valence-electron chi connectivity index (χ3n) is 7.67. The average molecular weight is 493 g/mol. The Balaban J connectivity index is 1.76. The van der Waals surface area contributed by atoms with Gasteiger partial charge in [-0.15, -0.1) is 0 Å². The molecule has 2 N–H and O–H groups in total.